The second-order valence-electron chi connectivity index (χ2n) is 9.74. The van der Waals surface area contributed by atoms with Gasteiger partial charge in [-0.05, 0) is 42.7 Å². The van der Waals surface area contributed by atoms with E-state index in [4.69, 9.17) is 5.73 Å². The van der Waals surface area contributed by atoms with Gasteiger partial charge in [-0.1, -0.05) is 79.9 Å². The lowest BCUT2D eigenvalue weighted by Crippen LogP contribution is -2.56. The molecule has 2 fully saturated rings. The van der Waals surface area contributed by atoms with Crippen molar-refractivity contribution in [3.05, 3.63) is 71.8 Å². The summed E-state index contributed by atoms with van der Waals surface area (Å²) >= 11 is 0. The van der Waals surface area contributed by atoms with E-state index in [1.165, 1.54) is 6.42 Å². The number of rotatable bonds is 8. The van der Waals surface area contributed by atoms with Crippen molar-refractivity contribution in [1.82, 2.24) is 10.2 Å². The second kappa shape index (κ2) is 11.5. The van der Waals surface area contributed by atoms with Gasteiger partial charge in [0.05, 0.1) is 6.04 Å². The highest BCUT2D eigenvalue weighted by atomic mass is 16.4. The molecule has 35 heavy (non-hydrogen) atoms. The molecule has 1 saturated carbocycles. The van der Waals surface area contributed by atoms with Crippen LogP contribution in [0.25, 0.3) is 0 Å². The maximum atomic E-state index is 13.4. The minimum absolute atomic E-state index is 0.146. The quantitative estimate of drug-likeness (QED) is 0.540. The Morgan fingerprint density at radius 2 is 1.43 bits per heavy atom. The van der Waals surface area contributed by atoms with E-state index >= 15 is 0 Å². The molecule has 4 N–H and O–H groups in total. The predicted molar refractivity (Wildman–Crippen MR) is 134 cm³/mol. The Balaban J connectivity index is 1.54. The number of amides is 2. The number of hydrogen-bond acceptors (Lipinski definition) is 4. The van der Waals surface area contributed by atoms with Gasteiger partial charge in [0.1, 0.15) is 12.1 Å². The molecule has 1 saturated heterocycles. The Bertz CT molecular complexity index is 968. The molecule has 0 spiro atoms. The number of carbonyl (C=O) groups is 3. The zero-order chi connectivity index (χ0) is 24.8. The van der Waals surface area contributed by atoms with Crippen molar-refractivity contribution in [1.29, 1.82) is 0 Å². The first-order valence-corrected chi connectivity index (χ1v) is 12.7. The number of hydrogen-bond donors (Lipinski definition) is 3. The summed E-state index contributed by atoms with van der Waals surface area (Å²) in [7, 11) is 0. The first kappa shape index (κ1) is 24.9. The van der Waals surface area contributed by atoms with Crippen LogP contribution in [0.1, 0.15) is 62.0 Å². The van der Waals surface area contributed by atoms with Gasteiger partial charge < -0.3 is 21.1 Å². The SMILES string of the molecule is N[C@H](C(=O)N1CCC[C@H]1C(=O)N[C@H](C(=O)O)C(c1ccccc1)c1ccccc1)C1CCCCC1. The highest BCUT2D eigenvalue weighted by molar-refractivity contribution is 5.92. The van der Waals surface area contributed by atoms with Gasteiger partial charge in [0.15, 0.2) is 0 Å². The number of carboxylic acid groups (broad SMARTS) is 1. The zero-order valence-electron chi connectivity index (χ0n) is 20.0. The topological polar surface area (TPSA) is 113 Å². The van der Waals surface area contributed by atoms with E-state index in [-0.39, 0.29) is 11.8 Å². The van der Waals surface area contributed by atoms with Crippen molar-refractivity contribution >= 4 is 17.8 Å². The molecule has 2 aromatic carbocycles. The van der Waals surface area contributed by atoms with Gasteiger partial charge in [-0.25, -0.2) is 4.79 Å². The summed E-state index contributed by atoms with van der Waals surface area (Å²) in [6, 6.07) is 16.2. The van der Waals surface area contributed by atoms with E-state index in [0.717, 1.165) is 36.8 Å². The molecule has 7 heteroatoms. The molecule has 0 bridgehead atoms. The summed E-state index contributed by atoms with van der Waals surface area (Å²) in [6.45, 7) is 0.468. The van der Waals surface area contributed by atoms with Crippen molar-refractivity contribution < 1.29 is 19.5 Å². The molecule has 2 aromatic rings. The van der Waals surface area contributed by atoms with Crippen LogP contribution in [0.2, 0.25) is 0 Å². The molecule has 1 aliphatic heterocycles. The number of benzene rings is 2. The van der Waals surface area contributed by atoms with Crippen LogP contribution in [-0.4, -0.2) is 52.5 Å². The highest BCUT2D eigenvalue weighted by Crippen LogP contribution is 2.30. The third kappa shape index (κ3) is 5.73. The summed E-state index contributed by atoms with van der Waals surface area (Å²) in [5.41, 5.74) is 7.96. The maximum absolute atomic E-state index is 13.4. The molecule has 7 nitrogen and oxygen atoms in total. The van der Waals surface area contributed by atoms with Crippen molar-refractivity contribution in [2.24, 2.45) is 11.7 Å². The average Bonchev–Trinajstić information content (AvgIpc) is 3.39. The number of carboxylic acids is 1. The van der Waals surface area contributed by atoms with Gasteiger partial charge in [-0.3, -0.25) is 9.59 Å². The van der Waals surface area contributed by atoms with E-state index in [0.29, 0.717) is 19.4 Å². The lowest BCUT2D eigenvalue weighted by Gasteiger charge is -2.33. The van der Waals surface area contributed by atoms with E-state index in [9.17, 15) is 19.5 Å². The van der Waals surface area contributed by atoms with Gasteiger partial charge in [0.25, 0.3) is 0 Å². The summed E-state index contributed by atoms with van der Waals surface area (Å²) in [6.07, 6.45) is 6.41. The minimum atomic E-state index is -1.18. The average molecular weight is 478 g/mol. The fourth-order valence-corrected chi connectivity index (χ4v) is 5.62. The third-order valence-electron chi connectivity index (χ3n) is 7.50. The molecule has 1 aliphatic carbocycles. The molecule has 0 unspecified atom stereocenters. The van der Waals surface area contributed by atoms with E-state index in [1.807, 2.05) is 60.7 Å². The number of aliphatic carboxylic acids is 1. The van der Waals surface area contributed by atoms with Crippen LogP contribution < -0.4 is 11.1 Å². The smallest absolute Gasteiger partial charge is 0.327 e. The molecule has 0 aromatic heterocycles. The fourth-order valence-electron chi connectivity index (χ4n) is 5.62. The standard InChI is InChI=1S/C28H35N3O4/c29-24(21-15-8-3-9-16-21)27(33)31-18-10-17-22(31)26(32)30-25(28(34)35)23(19-11-4-1-5-12-19)20-13-6-2-7-14-20/h1-2,4-7,11-14,21-25H,3,8-10,15-18,29H2,(H,30,32)(H,34,35)/t22-,24-,25-/m0/s1. The van der Waals surface area contributed by atoms with Crippen molar-refractivity contribution in [3.8, 4) is 0 Å². The fraction of sp³-hybridized carbons (Fsp3) is 0.464. The van der Waals surface area contributed by atoms with Crippen molar-refractivity contribution in [3.63, 3.8) is 0 Å². The molecule has 186 valence electrons. The Kier molecular flexibility index (Phi) is 8.18. The van der Waals surface area contributed by atoms with Gasteiger partial charge in [-0.2, -0.15) is 0 Å². The van der Waals surface area contributed by atoms with Gasteiger partial charge >= 0.3 is 5.97 Å². The van der Waals surface area contributed by atoms with E-state index in [2.05, 4.69) is 5.32 Å². The number of nitrogens with two attached hydrogens (primary N) is 1. The molecule has 2 amide bonds. The zero-order valence-corrected chi connectivity index (χ0v) is 20.0. The maximum Gasteiger partial charge on any atom is 0.327 e. The van der Waals surface area contributed by atoms with Crippen LogP contribution in [0.4, 0.5) is 0 Å². The van der Waals surface area contributed by atoms with Gasteiger partial charge in [-0.15, -0.1) is 0 Å². The molecular formula is C28H35N3O4. The lowest BCUT2D eigenvalue weighted by atomic mass is 9.83. The Morgan fingerprint density at radius 1 is 0.857 bits per heavy atom. The molecule has 4 rings (SSSR count). The monoisotopic (exact) mass is 477 g/mol. The molecular weight excluding hydrogens is 442 g/mol. The first-order valence-electron chi connectivity index (χ1n) is 12.7. The molecule has 0 radical (unpaired) electrons. The molecule has 1 heterocycles. The molecule has 3 atom stereocenters. The number of carbonyl (C=O) groups excluding carboxylic acids is 2. The van der Waals surface area contributed by atoms with Crippen LogP contribution in [0.3, 0.4) is 0 Å². The van der Waals surface area contributed by atoms with Crippen LogP contribution >= 0.6 is 0 Å². The number of nitrogens with one attached hydrogen (secondary N) is 1. The summed E-state index contributed by atoms with van der Waals surface area (Å²) < 4.78 is 0. The Morgan fingerprint density at radius 3 is 1.97 bits per heavy atom. The normalized spacial score (nSPS) is 20.4. The Labute approximate surface area is 206 Å². The van der Waals surface area contributed by atoms with Crippen LogP contribution in [0.5, 0.6) is 0 Å². The molecule has 2 aliphatic rings. The lowest BCUT2D eigenvalue weighted by molar-refractivity contribution is -0.144. The minimum Gasteiger partial charge on any atom is -0.480 e. The summed E-state index contributed by atoms with van der Waals surface area (Å²) in [4.78, 5) is 40.7. The third-order valence-corrected chi connectivity index (χ3v) is 7.50. The van der Waals surface area contributed by atoms with Crippen LogP contribution in [0.15, 0.2) is 60.7 Å². The first-order chi connectivity index (χ1) is 17.0. The number of likely N-dealkylation sites (tertiary alicyclic amines) is 1. The number of nitrogens with zero attached hydrogens (tertiary/aromatic N) is 1. The van der Waals surface area contributed by atoms with Gasteiger partial charge in [0.2, 0.25) is 11.8 Å². The van der Waals surface area contributed by atoms with Crippen molar-refractivity contribution in [2.45, 2.75) is 69.0 Å². The second-order valence-corrected chi connectivity index (χ2v) is 9.74. The van der Waals surface area contributed by atoms with Crippen LogP contribution in [-0.2, 0) is 14.4 Å². The largest absolute Gasteiger partial charge is 0.480 e. The predicted octanol–water partition coefficient (Wildman–Crippen LogP) is 3.29. The van der Waals surface area contributed by atoms with Gasteiger partial charge in [0, 0.05) is 12.5 Å². The van der Waals surface area contributed by atoms with E-state index < -0.39 is 35.9 Å². The van der Waals surface area contributed by atoms with Crippen LogP contribution in [0, 0.1) is 5.92 Å². The van der Waals surface area contributed by atoms with Crippen molar-refractivity contribution in [2.75, 3.05) is 6.54 Å². The Hall–Kier alpha value is -3.19. The highest BCUT2D eigenvalue weighted by Gasteiger charge is 2.41. The summed E-state index contributed by atoms with van der Waals surface area (Å²) in [5, 5.41) is 13.0. The summed E-state index contributed by atoms with van der Waals surface area (Å²) in [5.74, 6) is -2.17. The van der Waals surface area contributed by atoms with E-state index in [1.54, 1.807) is 4.90 Å².